The number of benzene rings is 2. The molecular weight excluding hydrogens is 408 g/mol. The zero-order valence-electron chi connectivity index (χ0n) is 16.8. The van der Waals surface area contributed by atoms with Gasteiger partial charge in [-0.25, -0.2) is 0 Å². The molecule has 2 fully saturated rings. The second-order valence-electron chi connectivity index (χ2n) is 8.01. The molecular formula is C23H27ClO6. The van der Waals surface area contributed by atoms with Gasteiger partial charge in [0, 0.05) is 11.4 Å². The number of aliphatic hydroxyl groups is 3. The van der Waals surface area contributed by atoms with E-state index in [1.807, 2.05) is 30.3 Å². The van der Waals surface area contributed by atoms with Crippen molar-refractivity contribution >= 4 is 11.6 Å². The molecule has 7 heteroatoms. The molecule has 0 amide bonds. The van der Waals surface area contributed by atoms with Crippen LogP contribution in [0.5, 0.6) is 5.75 Å². The van der Waals surface area contributed by atoms with Crippen LogP contribution in [0.4, 0.5) is 0 Å². The lowest BCUT2D eigenvalue weighted by Crippen LogP contribution is -2.53. The average Bonchev–Trinajstić information content (AvgIpc) is 3.25. The maximum atomic E-state index is 10.4. The van der Waals surface area contributed by atoms with E-state index in [0.29, 0.717) is 23.6 Å². The Kier molecular flexibility index (Phi) is 6.63. The molecule has 0 saturated carbocycles. The second kappa shape index (κ2) is 9.22. The van der Waals surface area contributed by atoms with Gasteiger partial charge in [-0.3, -0.25) is 0 Å². The van der Waals surface area contributed by atoms with Crippen LogP contribution in [0.25, 0.3) is 0 Å². The van der Waals surface area contributed by atoms with Crippen molar-refractivity contribution in [2.24, 2.45) is 0 Å². The molecule has 4 rings (SSSR count). The van der Waals surface area contributed by atoms with Crippen LogP contribution in [-0.4, -0.2) is 59.1 Å². The highest BCUT2D eigenvalue weighted by Gasteiger charge is 2.42. The molecule has 30 heavy (non-hydrogen) atoms. The summed E-state index contributed by atoms with van der Waals surface area (Å²) in [5, 5.41) is 31.0. The Bertz CT molecular complexity index is 851. The Labute approximate surface area is 181 Å². The van der Waals surface area contributed by atoms with Gasteiger partial charge in [0.2, 0.25) is 0 Å². The van der Waals surface area contributed by atoms with Crippen LogP contribution < -0.4 is 4.74 Å². The minimum Gasteiger partial charge on any atom is -0.488 e. The number of halogens is 1. The summed E-state index contributed by atoms with van der Waals surface area (Å²) in [6.07, 6.45) is -3.33. The van der Waals surface area contributed by atoms with E-state index in [0.717, 1.165) is 29.9 Å². The van der Waals surface area contributed by atoms with Gasteiger partial charge in [-0.2, -0.15) is 0 Å². The monoisotopic (exact) mass is 434 g/mol. The molecule has 2 heterocycles. The standard InChI is InChI=1S/C23H27ClO6/c1-13-20(25)21(26)22(27)23(29-13)15-4-7-19(24)16(11-15)10-14-2-5-17(6-3-14)30-18-8-9-28-12-18/h2-7,11,13,18,20-23,25-27H,8-10,12H2,1H3/t13-,18+,20-,21+,22-,23+/m1/s1. The van der Waals surface area contributed by atoms with Crippen molar-refractivity contribution in [3.05, 3.63) is 64.2 Å². The zero-order chi connectivity index (χ0) is 21.3. The molecule has 0 aliphatic carbocycles. The summed E-state index contributed by atoms with van der Waals surface area (Å²) in [4.78, 5) is 0. The van der Waals surface area contributed by atoms with Crippen molar-refractivity contribution in [3.63, 3.8) is 0 Å². The van der Waals surface area contributed by atoms with Crippen molar-refractivity contribution in [1.29, 1.82) is 0 Å². The molecule has 2 aromatic rings. The molecule has 3 N–H and O–H groups in total. The van der Waals surface area contributed by atoms with Crippen molar-refractivity contribution in [3.8, 4) is 5.75 Å². The van der Waals surface area contributed by atoms with E-state index in [9.17, 15) is 15.3 Å². The molecule has 6 atom stereocenters. The first-order chi connectivity index (χ1) is 14.4. The van der Waals surface area contributed by atoms with Crippen molar-refractivity contribution in [2.45, 2.75) is 56.4 Å². The number of hydrogen-bond donors (Lipinski definition) is 3. The van der Waals surface area contributed by atoms with Gasteiger partial charge in [-0.15, -0.1) is 0 Å². The summed E-state index contributed by atoms with van der Waals surface area (Å²) in [5.41, 5.74) is 2.66. The van der Waals surface area contributed by atoms with Gasteiger partial charge < -0.3 is 29.5 Å². The largest absolute Gasteiger partial charge is 0.488 e. The van der Waals surface area contributed by atoms with E-state index in [4.69, 9.17) is 25.8 Å². The molecule has 162 valence electrons. The molecule has 2 aromatic carbocycles. The molecule has 0 radical (unpaired) electrons. The number of rotatable bonds is 5. The second-order valence-corrected chi connectivity index (χ2v) is 8.42. The summed E-state index contributed by atoms with van der Waals surface area (Å²) in [7, 11) is 0. The quantitative estimate of drug-likeness (QED) is 0.670. The van der Waals surface area contributed by atoms with Gasteiger partial charge >= 0.3 is 0 Å². The van der Waals surface area contributed by atoms with Crippen LogP contribution in [0.15, 0.2) is 42.5 Å². The Morgan fingerprint density at radius 1 is 1.03 bits per heavy atom. The normalized spacial score (nSPS) is 31.6. The van der Waals surface area contributed by atoms with Gasteiger partial charge in [0.25, 0.3) is 0 Å². The SMILES string of the molecule is C[C@H]1O[C@@H](c2ccc(Cl)c(Cc3ccc(O[C@H]4CCOC4)cc3)c2)[C@H](O)[C@@H](O)[C@@H]1O. The first-order valence-corrected chi connectivity index (χ1v) is 10.6. The number of ether oxygens (including phenoxy) is 3. The topological polar surface area (TPSA) is 88.4 Å². The molecule has 0 unspecified atom stereocenters. The lowest BCUT2D eigenvalue weighted by atomic mass is 9.90. The molecule has 2 aliphatic heterocycles. The minimum atomic E-state index is -1.27. The van der Waals surface area contributed by atoms with Crippen LogP contribution in [-0.2, 0) is 15.9 Å². The third kappa shape index (κ3) is 4.64. The minimum absolute atomic E-state index is 0.111. The molecule has 0 aromatic heterocycles. The Balaban J connectivity index is 1.48. The highest BCUT2D eigenvalue weighted by atomic mass is 35.5. The molecule has 0 spiro atoms. The fourth-order valence-corrected chi connectivity index (χ4v) is 4.12. The maximum absolute atomic E-state index is 10.4. The summed E-state index contributed by atoms with van der Waals surface area (Å²) in [6.45, 7) is 3.04. The summed E-state index contributed by atoms with van der Waals surface area (Å²) < 4.78 is 17.0. The van der Waals surface area contributed by atoms with E-state index in [2.05, 4.69) is 0 Å². The average molecular weight is 435 g/mol. The lowest BCUT2D eigenvalue weighted by molar-refractivity contribution is -0.219. The summed E-state index contributed by atoms with van der Waals surface area (Å²) in [6, 6.07) is 13.3. The van der Waals surface area contributed by atoms with Crippen molar-refractivity contribution in [1.82, 2.24) is 0 Å². The van der Waals surface area contributed by atoms with Gasteiger partial charge in [-0.1, -0.05) is 35.9 Å². The Morgan fingerprint density at radius 2 is 1.80 bits per heavy atom. The Hall–Kier alpha value is -1.67. The number of hydrogen-bond acceptors (Lipinski definition) is 6. The van der Waals surface area contributed by atoms with E-state index in [-0.39, 0.29) is 6.10 Å². The van der Waals surface area contributed by atoms with E-state index >= 15 is 0 Å². The van der Waals surface area contributed by atoms with E-state index in [1.54, 1.807) is 19.1 Å². The predicted octanol–water partition coefficient (Wildman–Crippen LogP) is 2.64. The Morgan fingerprint density at radius 3 is 2.50 bits per heavy atom. The zero-order valence-corrected chi connectivity index (χ0v) is 17.5. The first-order valence-electron chi connectivity index (χ1n) is 10.2. The summed E-state index contributed by atoms with van der Waals surface area (Å²) in [5.74, 6) is 0.814. The third-order valence-electron chi connectivity index (χ3n) is 5.76. The lowest BCUT2D eigenvalue weighted by Gasteiger charge is -2.39. The number of aliphatic hydroxyl groups excluding tert-OH is 3. The molecule has 2 aliphatic rings. The van der Waals surface area contributed by atoms with Crippen molar-refractivity contribution < 1.29 is 29.5 Å². The van der Waals surface area contributed by atoms with Crippen LogP contribution in [0, 0.1) is 0 Å². The van der Waals surface area contributed by atoms with Gasteiger partial charge in [-0.05, 0) is 48.2 Å². The third-order valence-corrected chi connectivity index (χ3v) is 6.13. The van der Waals surface area contributed by atoms with Crippen LogP contribution in [0.2, 0.25) is 5.02 Å². The molecule has 2 saturated heterocycles. The van der Waals surface area contributed by atoms with E-state index < -0.39 is 30.5 Å². The van der Waals surface area contributed by atoms with Crippen molar-refractivity contribution in [2.75, 3.05) is 13.2 Å². The fourth-order valence-electron chi connectivity index (χ4n) is 3.94. The highest BCUT2D eigenvalue weighted by molar-refractivity contribution is 6.31. The van der Waals surface area contributed by atoms with E-state index in [1.165, 1.54) is 0 Å². The van der Waals surface area contributed by atoms with Crippen LogP contribution >= 0.6 is 11.6 Å². The predicted molar refractivity (Wildman–Crippen MR) is 112 cm³/mol. The smallest absolute Gasteiger partial charge is 0.124 e. The van der Waals surface area contributed by atoms with Gasteiger partial charge in [0.15, 0.2) is 0 Å². The van der Waals surface area contributed by atoms with Crippen LogP contribution in [0.3, 0.4) is 0 Å². The molecule has 0 bridgehead atoms. The first kappa shape index (κ1) is 21.6. The molecule has 6 nitrogen and oxygen atoms in total. The summed E-state index contributed by atoms with van der Waals surface area (Å²) >= 11 is 6.42. The van der Waals surface area contributed by atoms with Crippen LogP contribution in [0.1, 0.15) is 36.1 Å². The van der Waals surface area contributed by atoms with Gasteiger partial charge in [0.1, 0.15) is 36.3 Å². The van der Waals surface area contributed by atoms with Gasteiger partial charge in [0.05, 0.1) is 19.3 Å². The maximum Gasteiger partial charge on any atom is 0.124 e. The highest BCUT2D eigenvalue weighted by Crippen LogP contribution is 2.34. The fraction of sp³-hybridized carbons (Fsp3) is 0.478.